The summed E-state index contributed by atoms with van der Waals surface area (Å²) >= 11 is 7.23. The van der Waals surface area contributed by atoms with E-state index in [9.17, 15) is 4.79 Å². The van der Waals surface area contributed by atoms with Crippen LogP contribution < -0.4 is 0 Å². The van der Waals surface area contributed by atoms with Crippen molar-refractivity contribution in [3.63, 3.8) is 0 Å². The van der Waals surface area contributed by atoms with E-state index in [0.29, 0.717) is 15.1 Å². The standard InChI is InChI=1S/C15H16ClN3O2S/c16-12-4-3-11(22-12)15(20)19-7-5-10(6-8-19)14-18-17-13(21-14)9-1-2-9/h3-4,9-10H,1-2,5-8H2. The Balaban J connectivity index is 1.38. The van der Waals surface area contributed by atoms with Crippen molar-refractivity contribution in [1.82, 2.24) is 15.1 Å². The molecule has 1 aliphatic carbocycles. The largest absolute Gasteiger partial charge is 0.425 e. The predicted octanol–water partition coefficient (Wildman–Crippen LogP) is 3.68. The maximum atomic E-state index is 12.4. The highest BCUT2D eigenvalue weighted by atomic mass is 35.5. The molecular formula is C15H16ClN3O2S. The summed E-state index contributed by atoms with van der Waals surface area (Å²) in [5.41, 5.74) is 0. The minimum absolute atomic E-state index is 0.0690. The van der Waals surface area contributed by atoms with E-state index in [1.54, 1.807) is 12.1 Å². The number of aromatic nitrogens is 2. The van der Waals surface area contributed by atoms with Crippen molar-refractivity contribution in [2.45, 2.75) is 37.5 Å². The Labute approximate surface area is 137 Å². The van der Waals surface area contributed by atoms with Gasteiger partial charge in [-0.15, -0.1) is 21.5 Å². The number of rotatable bonds is 3. The molecule has 116 valence electrons. The van der Waals surface area contributed by atoms with Gasteiger partial charge in [0, 0.05) is 24.9 Å². The molecule has 0 radical (unpaired) electrons. The maximum Gasteiger partial charge on any atom is 0.263 e. The summed E-state index contributed by atoms with van der Waals surface area (Å²) in [5, 5.41) is 8.34. The zero-order valence-corrected chi connectivity index (χ0v) is 13.6. The lowest BCUT2D eigenvalue weighted by atomic mass is 9.97. The van der Waals surface area contributed by atoms with Crippen LogP contribution in [0.5, 0.6) is 0 Å². The van der Waals surface area contributed by atoms with Crippen LogP contribution in [-0.2, 0) is 0 Å². The fourth-order valence-corrected chi connectivity index (χ4v) is 3.83. The summed E-state index contributed by atoms with van der Waals surface area (Å²) in [6.45, 7) is 1.44. The molecule has 0 aromatic carbocycles. The summed E-state index contributed by atoms with van der Waals surface area (Å²) in [6, 6.07) is 3.56. The molecule has 0 N–H and O–H groups in total. The molecule has 0 spiro atoms. The molecule has 22 heavy (non-hydrogen) atoms. The zero-order valence-electron chi connectivity index (χ0n) is 12.0. The SMILES string of the molecule is O=C(c1ccc(Cl)s1)N1CCC(c2nnc(C3CC3)o2)CC1. The molecule has 2 aromatic heterocycles. The molecule has 4 rings (SSSR count). The Morgan fingerprint density at radius 2 is 1.77 bits per heavy atom. The van der Waals surface area contributed by atoms with E-state index in [1.165, 1.54) is 11.3 Å². The quantitative estimate of drug-likeness (QED) is 0.857. The first kappa shape index (κ1) is 14.2. The van der Waals surface area contributed by atoms with Gasteiger partial charge in [-0.1, -0.05) is 11.6 Å². The summed E-state index contributed by atoms with van der Waals surface area (Å²) in [4.78, 5) is 15.0. The van der Waals surface area contributed by atoms with Gasteiger partial charge in [-0.05, 0) is 37.8 Å². The molecule has 3 heterocycles. The molecule has 1 amide bonds. The zero-order chi connectivity index (χ0) is 15.1. The van der Waals surface area contributed by atoms with Gasteiger partial charge in [0.25, 0.3) is 5.91 Å². The Hall–Kier alpha value is -1.40. The third kappa shape index (κ3) is 2.77. The lowest BCUT2D eigenvalue weighted by Gasteiger charge is -2.30. The normalized spacial score (nSPS) is 19.6. The second kappa shape index (κ2) is 5.66. The summed E-state index contributed by atoms with van der Waals surface area (Å²) in [7, 11) is 0. The molecule has 0 unspecified atom stereocenters. The molecule has 7 heteroatoms. The Morgan fingerprint density at radius 1 is 1.14 bits per heavy atom. The van der Waals surface area contributed by atoms with Gasteiger partial charge in [0.1, 0.15) is 0 Å². The summed E-state index contributed by atoms with van der Waals surface area (Å²) < 4.78 is 6.44. The van der Waals surface area contributed by atoms with Crippen LogP contribution in [0.2, 0.25) is 4.34 Å². The highest BCUT2D eigenvalue weighted by Gasteiger charge is 2.32. The number of hydrogen-bond acceptors (Lipinski definition) is 5. The van der Waals surface area contributed by atoms with Crippen LogP contribution in [0.25, 0.3) is 0 Å². The second-order valence-corrected chi connectivity index (χ2v) is 7.64. The number of hydrogen-bond donors (Lipinski definition) is 0. The van der Waals surface area contributed by atoms with Crippen LogP contribution in [0.4, 0.5) is 0 Å². The lowest BCUT2D eigenvalue weighted by Crippen LogP contribution is -2.37. The van der Waals surface area contributed by atoms with Crippen molar-refractivity contribution in [3.8, 4) is 0 Å². The smallest absolute Gasteiger partial charge is 0.263 e. The van der Waals surface area contributed by atoms with E-state index in [-0.39, 0.29) is 11.8 Å². The number of carbonyl (C=O) groups excluding carboxylic acids is 1. The van der Waals surface area contributed by atoms with Crippen LogP contribution in [0.15, 0.2) is 16.5 Å². The van der Waals surface area contributed by atoms with E-state index in [2.05, 4.69) is 10.2 Å². The molecule has 5 nitrogen and oxygen atoms in total. The van der Waals surface area contributed by atoms with Crippen LogP contribution >= 0.6 is 22.9 Å². The van der Waals surface area contributed by atoms with Gasteiger partial charge in [-0.3, -0.25) is 4.79 Å². The molecule has 1 aliphatic heterocycles. The van der Waals surface area contributed by atoms with E-state index in [4.69, 9.17) is 16.0 Å². The Kier molecular flexibility index (Phi) is 3.66. The fraction of sp³-hybridized carbons (Fsp3) is 0.533. The Bertz CT molecular complexity index is 687. The van der Waals surface area contributed by atoms with Crippen molar-refractivity contribution in [2.24, 2.45) is 0 Å². The molecule has 0 atom stereocenters. The first-order chi connectivity index (χ1) is 10.7. The van der Waals surface area contributed by atoms with Crippen molar-refractivity contribution in [2.75, 3.05) is 13.1 Å². The van der Waals surface area contributed by atoms with Crippen LogP contribution in [-0.4, -0.2) is 34.1 Å². The van der Waals surface area contributed by atoms with Gasteiger partial charge in [0.15, 0.2) is 0 Å². The Morgan fingerprint density at radius 3 is 2.32 bits per heavy atom. The van der Waals surface area contributed by atoms with Gasteiger partial charge in [-0.25, -0.2) is 0 Å². The van der Waals surface area contributed by atoms with Crippen LogP contribution in [0, 0.1) is 0 Å². The minimum Gasteiger partial charge on any atom is -0.425 e. The van der Waals surface area contributed by atoms with Gasteiger partial charge < -0.3 is 9.32 Å². The van der Waals surface area contributed by atoms with Gasteiger partial charge in [-0.2, -0.15) is 0 Å². The number of piperidine rings is 1. The number of likely N-dealkylation sites (tertiary alicyclic amines) is 1. The van der Waals surface area contributed by atoms with Crippen LogP contribution in [0.3, 0.4) is 0 Å². The topological polar surface area (TPSA) is 59.2 Å². The maximum absolute atomic E-state index is 12.4. The van der Waals surface area contributed by atoms with Crippen molar-refractivity contribution >= 4 is 28.8 Å². The number of halogens is 1. The third-order valence-corrected chi connectivity index (χ3v) is 5.52. The molecule has 1 saturated carbocycles. The molecule has 0 bridgehead atoms. The number of amides is 1. The van der Waals surface area contributed by atoms with Crippen molar-refractivity contribution in [1.29, 1.82) is 0 Å². The molecule has 2 fully saturated rings. The summed E-state index contributed by atoms with van der Waals surface area (Å²) in [6.07, 6.45) is 4.07. The van der Waals surface area contributed by atoms with Crippen LogP contribution in [0.1, 0.15) is 59.0 Å². The average molecular weight is 338 g/mol. The van der Waals surface area contributed by atoms with E-state index >= 15 is 0 Å². The second-order valence-electron chi connectivity index (χ2n) is 5.92. The number of nitrogens with zero attached hydrogens (tertiary/aromatic N) is 3. The predicted molar refractivity (Wildman–Crippen MR) is 83.5 cm³/mol. The van der Waals surface area contributed by atoms with Crippen molar-refractivity contribution < 1.29 is 9.21 Å². The average Bonchev–Trinajstić information content (AvgIpc) is 3.11. The van der Waals surface area contributed by atoms with Gasteiger partial charge in [0.2, 0.25) is 11.8 Å². The van der Waals surface area contributed by atoms with E-state index in [0.717, 1.165) is 50.6 Å². The fourth-order valence-electron chi connectivity index (χ4n) is 2.82. The molecular weight excluding hydrogens is 322 g/mol. The monoisotopic (exact) mass is 337 g/mol. The molecule has 2 aromatic rings. The number of thiophene rings is 1. The third-order valence-electron chi connectivity index (χ3n) is 4.30. The minimum atomic E-state index is 0.0690. The van der Waals surface area contributed by atoms with E-state index in [1.807, 2.05) is 4.90 Å². The van der Waals surface area contributed by atoms with Gasteiger partial charge >= 0.3 is 0 Å². The molecule has 1 saturated heterocycles. The highest BCUT2D eigenvalue weighted by molar-refractivity contribution is 7.17. The molecule has 2 aliphatic rings. The first-order valence-electron chi connectivity index (χ1n) is 7.58. The summed E-state index contributed by atoms with van der Waals surface area (Å²) in [5.74, 6) is 2.37. The van der Waals surface area contributed by atoms with Crippen molar-refractivity contribution in [3.05, 3.63) is 33.1 Å². The number of carbonyl (C=O) groups is 1. The first-order valence-corrected chi connectivity index (χ1v) is 8.78. The van der Waals surface area contributed by atoms with Gasteiger partial charge in [0.05, 0.1) is 9.21 Å². The lowest BCUT2D eigenvalue weighted by molar-refractivity contribution is 0.0711. The highest BCUT2D eigenvalue weighted by Crippen LogP contribution is 2.40. The van der Waals surface area contributed by atoms with E-state index < -0.39 is 0 Å².